The minimum absolute atomic E-state index is 0.00427. The van der Waals surface area contributed by atoms with Crippen LogP contribution in [-0.2, 0) is 9.59 Å². The first kappa shape index (κ1) is 14.2. The molecule has 6 nitrogen and oxygen atoms in total. The molecule has 1 N–H and O–H groups in total. The average molecular weight is 278 g/mol. The van der Waals surface area contributed by atoms with E-state index in [0.29, 0.717) is 23.6 Å². The molecule has 1 aromatic rings. The van der Waals surface area contributed by atoms with E-state index in [0.717, 1.165) is 0 Å². The molecular formula is C14H18N2O4. The van der Waals surface area contributed by atoms with Gasteiger partial charge in [-0.3, -0.25) is 14.5 Å². The summed E-state index contributed by atoms with van der Waals surface area (Å²) >= 11 is 0. The lowest BCUT2D eigenvalue weighted by molar-refractivity contribution is -0.131. The van der Waals surface area contributed by atoms with E-state index in [4.69, 9.17) is 9.47 Å². The van der Waals surface area contributed by atoms with Gasteiger partial charge in [0.1, 0.15) is 17.5 Å². The average Bonchev–Trinajstić information content (AvgIpc) is 2.48. The Morgan fingerprint density at radius 2 is 2.05 bits per heavy atom. The first-order valence-electron chi connectivity index (χ1n) is 6.44. The number of hydrogen-bond donors (Lipinski definition) is 1. The van der Waals surface area contributed by atoms with Crippen molar-refractivity contribution in [2.45, 2.75) is 19.4 Å². The quantitative estimate of drug-likeness (QED) is 0.890. The van der Waals surface area contributed by atoms with Crippen molar-refractivity contribution in [2.24, 2.45) is 0 Å². The maximum Gasteiger partial charge on any atom is 0.247 e. The van der Waals surface area contributed by atoms with Crippen LogP contribution in [0.3, 0.4) is 0 Å². The molecular weight excluding hydrogens is 260 g/mol. The normalized spacial score (nSPS) is 18.8. The molecule has 2 amide bonds. The lowest BCUT2D eigenvalue weighted by Crippen LogP contribution is -2.58. The third-order valence-electron chi connectivity index (χ3n) is 3.33. The van der Waals surface area contributed by atoms with Crippen LogP contribution in [0.4, 0.5) is 5.69 Å². The zero-order chi connectivity index (χ0) is 14.7. The molecule has 0 radical (unpaired) electrons. The van der Waals surface area contributed by atoms with Crippen LogP contribution in [0.2, 0.25) is 0 Å². The number of rotatable bonds is 4. The first-order valence-corrected chi connectivity index (χ1v) is 6.44. The standard InChI is InChI=1S/C14H18N2O4/c1-4-10-14(18)15-8-13(17)16(10)11-7-9(19-2)5-6-12(11)20-3/h5-7,10H,4,8H2,1-3H3,(H,15,18). The maximum absolute atomic E-state index is 12.2. The molecule has 1 aliphatic rings. The van der Waals surface area contributed by atoms with Crippen LogP contribution in [0.5, 0.6) is 11.5 Å². The van der Waals surface area contributed by atoms with Crippen molar-refractivity contribution in [3.8, 4) is 11.5 Å². The molecule has 0 aliphatic carbocycles. The van der Waals surface area contributed by atoms with Gasteiger partial charge >= 0.3 is 0 Å². The molecule has 1 atom stereocenters. The summed E-state index contributed by atoms with van der Waals surface area (Å²) in [5, 5.41) is 2.60. The number of carbonyl (C=O) groups excluding carboxylic acids is 2. The Balaban J connectivity index is 2.50. The number of nitrogens with zero attached hydrogens (tertiary/aromatic N) is 1. The summed E-state index contributed by atoms with van der Waals surface area (Å²) in [5.41, 5.74) is 0.554. The molecule has 1 aliphatic heterocycles. The van der Waals surface area contributed by atoms with Crippen molar-refractivity contribution in [3.63, 3.8) is 0 Å². The third-order valence-corrected chi connectivity index (χ3v) is 3.33. The molecule has 1 heterocycles. The third kappa shape index (κ3) is 2.41. The van der Waals surface area contributed by atoms with Gasteiger partial charge in [-0.05, 0) is 18.6 Å². The first-order chi connectivity index (χ1) is 9.62. The Hall–Kier alpha value is -2.24. The van der Waals surface area contributed by atoms with Crippen LogP contribution in [0.25, 0.3) is 0 Å². The Bertz CT molecular complexity index is 530. The number of piperazine rings is 1. The maximum atomic E-state index is 12.2. The van der Waals surface area contributed by atoms with E-state index in [1.54, 1.807) is 25.3 Å². The molecule has 1 unspecified atom stereocenters. The van der Waals surface area contributed by atoms with E-state index in [-0.39, 0.29) is 18.4 Å². The van der Waals surface area contributed by atoms with Gasteiger partial charge in [-0.2, -0.15) is 0 Å². The largest absolute Gasteiger partial charge is 0.497 e. The Kier molecular flexibility index (Phi) is 4.12. The van der Waals surface area contributed by atoms with Crippen molar-refractivity contribution < 1.29 is 19.1 Å². The minimum Gasteiger partial charge on any atom is -0.497 e. The number of benzene rings is 1. The van der Waals surface area contributed by atoms with Crippen LogP contribution < -0.4 is 19.7 Å². The molecule has 2 rings (SSSR count). The Labute approximate surface area is 117 Å². The highest BCUT2D eigenvalue weighted by atomic mass is 16.5. The molecule has 0 spiro atoms. The molecule has 0 aromatic heterocycles. The van der Waals surface area contributed by atoms with Crippen molar-refractivity contribution in [1.29, 1.82) is 0 Å². The summed E-state index contributed by atoms with van der Waals surface area (Å²) in [5.74, 6) is 0.821. The van der Waals surface area contributed by atoms with Gasteiger partial charge < -0.3 is 14.8 Å². The van der Waals surface area contributed by atoms with Gasteiger partial charge in [0.05, 0.1) is 26.5 Å². The van der Waals surface area contributed by atoms with E-state index in [1.807, 2.05) is 6.92 Å². The number of methoxy groups -OCH3 is 2. The van der Waals surface area contributed by atoms with Gasteiger partial charge in [-0.25, -0.2) is 0 Å². The summed E-state index contributed by atoms with van der Waals surface area (Å²) in [6.07, 6.45) is 0.526. The molecule has 1 saturated heterocycles. The predicted molar refractivity (Wildman–Crippen MR) is 74.1 cm³/mol. The number of carbonyl (C=O) groups is 2. The molecule has 6 heteroatoms. The summed E-state index contributed by atoms with van der Waals surface area (Å²) in [6.45, 7) is 1.86. The molecule has 0 bridgehead atoms. The topological polar surface area (TPSA) is 67.9 Å². The van der Waals surface area contributed by atoms with Gasteiger partial charge in [0.25, 0.3) is 0 Å². The van der Waals surface area contributed by atoms with Crippen molar-refractivity contribution in [1.82, 2.24) is 5.32 Å². The van der Waals surface area contributed by atoms with Gasteiger partial charge in [-0.1, -0.05) is 6.92 Å². The van der Waals surface area contributed by atoms with E-state index in [2.05, 4.69) is 5.32 Å². The van der Waals surface area contributed by atoms with E-state index in [1.165, 1.54) is 12.0 Å². The number of hydrogen-bond acceptors (Lipinski definition) is 4. The second-order valence-corrected chi connectivity index (χ2v) is 4.44. The van der Waals surface area contributed by atoms with Crippen LogP contribution in [-0.4, -0.2) is 38.6 Å². The second-order valence-electron chi connectivity index (χ2n) is 4.44. The summed E-state index contributed by atoms with van der Waals surface area (Å²) in [6, 6.07) is 4.65. The van der Waals surface area contributed by atoms with Gasteiger partial charge in [0, 0.05) is 6.07 Å². The van der Waals surface area contributed by atoms with E-state index < -0.39 is 6.04 Å². The lowest BCUT2D eigenvalue weighted by atomic mass is 10.1. The fourth-order valence-electron chi connectivity index (χ4n) is 2.31. The zero-order valence-corrected chi connectivity index (χ0v) is 11.8. The second kappa shape index (κ2) is 5.81. The van der Waals surface area contributed by atoms with Gasteiger partial charge in [0.2, 0.25) is 11.8 Å². The summed E-state index contributed by atoms with van der Waals surface area (Å²) in [4.78, 5) is 25.6. The van der Waals surface area contributed by atoms with Crippen molar-refractivity contribution in [2.75, 3.05) is 25.7 Å². The lowest BCUT2D eigenvalue weighted by Gasteiger charge is -2.35. The minimum atomic E-state index is -0.530. The Morgan fingerprint density at radius 1 is 1.30 bits per heavy atom. The van der Waals surface area contributed by atoms with Crippen molar-refractivity contribution >= 4 is 17.5 Å². The number of amides is 2. The van der Waals surface area contributed by atoms with Gasteiger partial charge in [0.15, 0.2) is 0 Å². The van der Waals surface area contributed by atoms with E-state index >= 15 is 0 Å². The van der Waals surface area contributed by atoms with Crippen molar-refractivity contribution in [3.05, 3.63) is 18.2 Å². The van der Waals surface area contributed by atoms with Crippen LogP contribution >= 0.6 is 0 Å². The highest BCUT2D eigenvalue weighted by Gasteiger charge is 2.35. The molecule has 108 valence electrons. The summed E-state index contributed by atoms with van der Waals surface area (Å²) in [7, 11) is 3.08. The summed E-state index contributed by atoms with van der Waals surface area (Å²) < 4.78 is 10.5. The molecule has 0 saturated carbocycles. The highest BCUT2D eigenvalue weighted by Crippen LogP contribution is 2.34. The molecule has 1 aromatic carbocycles. The molecule has 1 fully saturated rings. The fraction of sp³-hybridized carbons (Fsp3) is 0.429. The number of nitrogens with one attached hydrogen (secondary N) is 1. The highest BCUT2D eigenvalue weighted by molar-refractivity contribution is 6.07. The van der Waals surface area contributed by atoms with Crippen LogP contribution in [0.15, 0.2) is 18.2 Å². The predicted octanol–water partition coefficient (Wildman–Crippen LogP) is 0.945. The smallest absolute Gasteiger partial charge is 0.247 e. The van der Waals surface area contributed by atoms with Crippen LogP contribution in [0.1, 0.15) is 13.3 Å². The zero-order valence-electron chi connectivity index (χ0n) is 11.8. The number of anilines is 1. The monoisotopic (exact) mass is 278 g/mol. The van der Waals surface area contributed by atoms with Crippen LogP contribution in [0, 0.1) is 0 Å². The Morgan fingerprint density at radius 3 is 2.65 bits per heavy atom. The SMILES string of the molecule is CCC1C(=O)NCC(=O)N1c1cc(OC)ccc1OC. The number of ether oxygens (including phenoxy) is 2. The van der Waals surface area contributed by atoms with E-state index in [9.17, 15) is 9.59 Å². The van der Waals surface area contributed by atoms with Gasteiger partial charge in [-0.15, -0.1) is 0 Å². The fourth-order valence-corrected chi connectivity index (χ4v) is 2.31. The molecule has 20 heavy (non-hydrogen) atoms.